The molecule has 1 unspecified atom stereocenters. The largest absolute Gasteiger partial charge is 0.297 e. The minimum absolute atomic E-state index is 0.322. The molecule has 0 aromatic carbocycles. The summed E-state index contributed by atoms with van der Waals surface area (Å²) in [5.41, 5.74) is -0.441. The molecule has 0 saturated heterocycles. The van der Waals surface area contributed by atoms with E-state index in [0.717, 1.165) is 17.1 Å². The number of aromatic nitrogens is 2. The van der Waals surface area contributed by atoms with E-state index in [1.165, 1.54) is 0 Å². The lowest BCUT2D eigenvalue weighted by molar-refractivity contribution is 0.397. The molecule has 1 aromatic heterocycles. The third-order valence-corrected chi connectivity index (χ3v) is 3.36. The average molecular weight is 252 g/mol. The molecule has 0 radical (unpaired) electrons. The SMILES string of the molecule is CC(C)NC(C)(C#N)CCSc1cnn(C)c1. The summed E-state index contributed by atoms with van der Waals surface area (Å²) in [6, 6.07) is 2.68. The van der Waals surface area contributed by atoms with Crippen LogP contribution in [0, 0.1) is 11.3 Å². The topological polar surface area (TPSA) is 53.6 Å². The van der Waals surface area contributed by atoms with Gasteiger partial charge in [-0.25, -0.2) is 0 Å². The van der Waals surface area contributed by atoms with Crippen molar-refractivity contribution in [1.29, 1.82) is 5.26 Å². The molecule has 1 heterocycles. The lowest BCUT2D eigenvalue weighted by atomic mass is 10.0. The Morgan fingerprint density at radius 1 is 1.65 bits per heavy atom. The molecule has 0 fully saturated rings. The maximum absolute atomic E-state index is 9.20. The first-order valence-electron chi connectivity index (χ1n) is 5.75. The van der Waals surface area contributed by atoms with E-state index < -0.39 is 5.54 Å². The molecule has 4 nitrogen and oxygen atoms in total. The lowest BCUT2D eigenvalue weighted by Gasteiger charge is -2.25. The lowest BCUT2D eigenvalue weighted by Crippen LogP contribution is -2.45. The van der Waals surface area contributed by atoms with E-state index in [1.54, 1.807) is 16.4 Å². The third-order valence-electron chi connectivity index (χ3n) is 2.41. The molecule has 1 aromatic rings. The molecular weight excluding hydrogens is 232 g/mol. The Balaban J connectivity index is 2.41. The van der Waals surface area contributed by atoms with E-state index >= 15 is 0 Å². The highest BCUT2D eigenvalue weighted by atomic mass is 32.2. The molecule has 0 saturated carbocycles. The summed E-state index contributed by atoms with van der Waals surface area (Å²) in [7, 11) is 1.91. The summed E-state index contributed by atoms with van der Waals surface area (Å²) in [5.74, 6) is 0.912. The summed E-state index contributed by atoms with van der Waals surface area (Å²) in [6.45, 7) is 6.07. The zero-order chi connectivity index (χ0) is 12.9. The van der Waals surface area contributed by atoms with Crippen LogP contribution in [-0.2, 0) is 7.05 Å². The molecule has 17 heavy (non-hydrogen) atoms. The monoisotopic (exact) mass is 252 g/mol. The van der Waals surface area contributed by atoms with Crippen molar-refractivity contribution in [3.05, 3.63) is 12.4 Å². The number of thioether (sulfide) groups is 1. The van der Waals surface area contributed by atoms with Gasteiger partial charge in [0, 0.05) is 29.9 Å². The van der Waals surface area contributed by atoms with Gasteiger partial charge in [0.25, 0.3) is 0 Å². The maximum Gasteiger partial charge on any atom is 0.104 e. The van der Waals surface area contributed by atoms with Gasteiger partial charge in [-0.1, -0.05) is 0 Å². The van der Waals surface area contributed by atoms with Crippen LogP contribution in [0.5, 0.6) is 0 Å². The highest BCUT2D eigenvalue weighted by Gasteiger charge is 2.23. The maximum atomic E-state index is 9.20. The second-order valence-corrected chi connectivity index (χ2v) is 5.86. The second-order valence-electron chi connectivity index (χ2n) is 4.69. The third kappa shape index (κ3) is 4.80. The van der Waals surface area contributed by atoms with E-state index in [4.69, 9.17) is 0 Å². The Labute approximate surface area is 107 Å². The van der Waals surface area contributed by atoms with Crippen LogP contribution in [0.3, 0.4) is 0 Å². The van der Waals surface area contributed by atoms with Gasteiger partial charge < -0.3 is 0 Å². The average Bonchev–Trinajstić information content (AvgIpc) is 2.63. The Morgan fingerprint density at radius 3 is 2.82 bits per heavy atom. The van der Waals surface area contributed by atoms with E-state index in [1.807, 2.05) is 26.4 Å². The van der Waals surface area contributed by atoms with E-state index in [2.05, 4.69) is 30.3 Å². The van der Waals surface area contributed by atoms with Crippen molar-refractivity contribution in [2.75, 3.05) is 5.75 Å². The first kappa shape index (κ1) is 14.1. The van der Waals surface area contributed by atoms with Gasteiger partial charge in [-0.2, -0.15) is 10.4 Å². The molecule has 1 N–H and O–H groups in total. The van der Waals surface area contributed by atoms with E-state index in [0.29, 0.717) is 6.04 Å². The molecule has 1 atom stereocenters. The van der Waals surface area contributed by atoms with Crippen molar-refractivity contribution < 1.29 is 0 Å². The van der Waals surface area contributed by atoms with E-state index in [-0.39, 0.29) is 0 Å². The van der Waals surface area contributed by atoms with Crippen molar-refractivity contribution in [3.8, 4) is 6.07 Å². The smallest absolute Gasteiger partial charge is 0.104 e. The van der Waals surface area contributed by atoms with Crippen LogP contribution in [0.15, 0.2) is 17.3 Å². The minimum Gasteiger partial charge on any atom is -0.297 e. The molecule has 0 aliphatic carbocycles. The number of rotatable bonds is 6. The molecule has 0 aliphatic heterocycles. The highest BCUT2D eigenvalue weighted by Crippen LogP contribution is 2.21. The zero-order valence-electron chi connectivity index (χ0n) is 10.9. The first-order chi connectivity index (χ1) is 7.95. The molecule has 0 aliphatic rings. The van der Waals surface area contributed by atoms with Crippen LogP contribution < -0.4 is 5.32 Å². The molecular formula is C12H20N4S. The van der Waals surface area contributed by atoms with Gasteiger partial charge in [0.05, 0.1) is 12.3 Å². The molecule has 0 bridgehead atoms. The van der Waals surface area contributed by atoms with E-state index in [9.17, 15) is 5.26 Å². The van der Waals surface area contributed by atoms with Crippen LogP contribution in [0.2, 0.25) is 0 Å². The second kappa shape index (κ2) is 6.08. The number of nitrogens with zero attached hydrogens (tertiary/aromatic N) is 3. The van der Waals surface area contributed by atoms with Gasteiger partial charge in [0.2, 0.25) is 0 Å². The number of aryl methyl sites for hydroxylation is 1. The standard InChI is InChI=1S/C12H20N4S/c1-10(2)15-12(3,9-13)5-6-17-11-7-14-16(4)8-11/h7-8,10,15H,5-6H2,1-4H3. The summed E-state index contributed by atoms with van der Waals surface area (Å²) < 4.78 is 1.79. The summed E-state index contributed by atoms with van der Waals surface area (Å²) in [4.78, 5) is 1.15. The van der Waals surface area contributed by atoms with Crippen LogP contribution in [0.25, 0.3) is 0 Å². The summed E-state index contributed by atoms with van der Waals surface area (Å²) in [5, 5.41) is 16.6. The number of hydrogen-bond donors (Lipinski definition) is 1. The first-order valence-corrected chi connectivity index (χ1v) is 6.74. The Hall–Kier alpha value is -0.990. The van der Waals surface area contributed by atoms with Crippen LogP contribution in [0.1, 0.15) is 27.2 Å². The predicted octanol–water partition coefficient (Wildman–Crippen LogP) is 2.18. The quantitative estimate of drug-likeness (QED) is 0.788. The highest BCUT2D eigenvalue weighted by molar-refractivity contribution is 7.99. The van der Waals surface area contributed by atoms with Crippen molar-refractivity contribution in [3.63, 3.8) is 0 Å². The van der Waals surface area contributed by atoms with Gasteiger partial charge in [-0.05, 0) is 27.2 Å². The molecule has 0 spiro atoms. The molecule has 94 valence electrons. The van der Waals surface area contributed by atoms with Crippen molar-refractivity contribution in [1.82, 2.24) is 15.1 Å². The number of nitriles is 1. The van der Waals surface area contributed by atoms with Crippen molar-refractivity contribution >= 4 is 11.8 Å². The fourth-order valence-electron chi connectivity index (χ4n) is 1.64. The molecule has 0 amide bonds. The Morgan fingerprint density at radius 2 is 2.35 bits per heavy atom. The molecule has 5 heteroatoms. The van der Waals surface area contributed by atoms with Gasteiger partial charge in [0.1, 0.15) is 5.54 Å². The van der Waals surface area contributed by atoms with Crippen LogP contribution in [0.4, 0.5) is 0 Å². The fraction of sp³-hybridized carbons (Fsp3) is 0.667. The fourth-order valence-corrected chi connectivity index (χ4v) is 2.74. The van der Waals surface area contributed by atoms with Gasteiger partial charge >= 0.3 is 0 Å². The number of nitrogens with one attached hydrogen (secondary N) is 1. The number of hydrogen-bond acceptors (Lipinski definition) is 4. The van der Waals surface area contributed by atoms with Crippen LogP contribution >= 0.6 is 11.8 Å². The van der Waals surface area contributed by atoms with Crippen molar-refractivity contribution in [2.45, 2.75) is 43.7 Å². The normalized spacial score (nSPS) is 14.6. The summed E-state index contributed by atoms with van der Waals surface area (Å²) in [6.07, 6.45) is 4.66. The zero-order valence-corrected chi connectivity index (χ0v) is 11.7. The van der Waals surface area contributed by atoms with Crippen LogP contribution in [-0.4, -0.2) is 27.1 Å². The van der Waals surface area contributed by atoms with Gasteiger partial charge in [-0.3, -0.25) is 10.00 Å². The minimum atomic E-state index is -0.441. The Bertz CT molecular complexity index is 393. The van der Waals surface area contributed by atoms with Gasteiger partial charge in [0.15, 0.2) is 0 Å². The predicted molar refractivity (Wildman–Crippen MR) is 70.8 cm³/mol. The summed E-state index contributed by atoms with van der Waals surface area (Å²) >= 11 is 1.74. The Kier molecular flexibility index (Phi) is 5.03. The van der Waals surface area contributed by atoms with Crippen molar-refractivity contribution in [2.24, 2.45) is 7.05 Å². The molecule has 1 rings (SSSR count). The van der Waals surface area contributed by atoms with Gasteiger partial charge in [-0.15, -0.1) is 11.8 Å².